The lowest BCUT2D eigenvalue weighted by molar-refractivity contribution is 0.625. The summed E-state index contributed by atoms with van der Waals surface area (Å²) in [5, 5.41) is 14.6. The van der Waals surface area contributed by atoms with Gasteiger partial charge in [-0.1, -0.05) is 32.9 Å². The second kappa shape index (κ2) is 11.4. The lowest BCUT2D eigenvalue weighted by Crippen LogP contribution is -2.40. The molecule has 1 rings (SSSR count). The van der Waals surface area contributed by atoms with E-state index in [1.54, 1.807) is 6.33 Å². The van der Waals surface area contributed by atoms with Crippen molar-refractivity contribution in [3.05, 3.63) is 24.3 Å². The van der Waals surface area contributed by atoms with Gasteiger partial charge in [-0.15, -0.1) is 34.2 Å². The quantitative estimate of drug-likeness (QED) is 0.293. The maximum atomic E-state index is 4.57. The normalized spacial score (nSPS) is 11.2. The third-order valence-electron chi connectivity index (χ3n) is 2.83. The van der Waals surface area contributed by atoms with Crippen LogP contribution in [0.1, 0.15) is 33.5 Å². The van der Waals surface area contributed by atoms with Crippen molar-refractivity contribution in [1.29, 1.82) is 0 Å². The Morgan fingerprint density at radius 3 is 2.73 bits per heavy atom. The van der Waals surface area contributed by atoms with Gasteiger partial charge in [-0.05, 0) is 12.8 Å². The molecule has 0 bridgehead atoms. The minimum Gasteiger partial charge on any atom is -0.355 e. The lowest BCUT2D eigenvalue weighted by Gasteiger charge is -2.14. The number of aryl methyl sites for hydroxylation is 1. The summed E-state index contributed by atoms with van der Waals surface area (Å²) < 4.78 is 2.06. The molecule has 0 fully saturated rings. The summed E-state index contributed by atoms with van der Waals surface area (Å²) in [6.45, 7) is 15.4. The zero-order valence-electron chi connectivity index (χ0n) is 14.1. The van der Waals surface area contributed by atoms with Gasteiger partial charge >= 0.3 is 0 Å². The van der Waals surface area contributed by atoms with E-state index >= 15 is 0 Å². The van der Waals surface area contributed by atoms with Crippen LogP contribution in [0.25, 0.3) is 0 Å². The molecule has 0 aromatic carbocycles. The summed E-state index contributed by atoms with van der Waals surface area (Å²) in [6.07, 6.45) is 2.66. The van der Waals surface area contributed by atoms with E-state index in [0.29, 0.717) is 5.92 Å². The SMILES string of the molecule is C=C(C)CNC(=NCC(C)C)NCCn1cnnc1CC.I. The van der Waals surface area contributed by atoms with Crippen LogP contribution in [0, 0.1) is 5.92 Å². The molecule has 1 aromatic rings. The van der Waals surface area contributed by atoms with Crippen LogP contribution >= 0.6 is 24.0 Å². The van der Waals surface area contributed by atoms with Crippen molar-refractivity contribution in [2.45, 2.75) is 40.7 Å². The van der Waals surface area contributed by atoms with Gasteiger partial charge in [-0.25, -0.2) is 0 Å². The van der Waals surface area contributed by atoms with E-state index in [1.165, 1.54) is 0 Å². The smallest absolute Gasteiger partial charge is 0.191 e. The van der Waals surface area contributed by atoms with E-state index in [9.17, 15) is 0 Å². The monoisotopic (exact) mass is 420 g/mol. The van der Waals surface area contributed by atoms with Gasteiger partial charge in [0.15, 0.2) is 5.96 Å². The number of hydrogen-bond acceptors (Lipinski definition) is 3. The molecule has 2 N–H and O–H groups in total. The van der Waals surface area contributed by atoms with Crippen molar-refractivity contribution in [3.8, 4) is 0 Å². The minimum absolute atomic E-state index is 0. The average Bonchev–Trinajstić information content (AvgIpc) is 2.88. The van der Waals surface area contributed by atoms with E-state index in [4.69, 9.17) is 0 Å². The molecule has 0 aliphatic rings. The maximum absolute atomic E-state index is 4.57. The van der Waals surface area contributed by atoms with E-state index in [1.807, 2.05) is 6.92 Å². The van der Waals surface area contributed by atoms with Crippen molar-refractivity contribution in [2.75, 3.05) is 19.6 Å². The minimum atomic E-state index is 0. The summed E-state index contributed by atoms with van der Waals surface area (Å²) in [6, 6.07) is 0. The second-order valence-corrected chi connectivity index (χ2v) is 5.61. The Balaban J connectivity index is 0.00000441. The Morgan fingerprint density at radius 2 is 2.14 bits per heavy atom. The van der Waals surface area contributed by atoms with Gasteiger partial charge in [0.05, 0.1) is 0 Å². The van der Waals surface area contributed by atoms with Gasteiger partial charge < -0.3 is 15.2 Å². The third-order valence-corrected chi connectivity index (χ3v) is 2.83. The number of rotatable bonds is 8. The molecule has 6 nitrogen and oxygen atoms in total. The predicted octanol–water partition coefficient (Wildman–Crippen LogP) is 2.23. The molecule has 0 aliphatic heterocycles. The highest BCUT2D eigenvalue weighted by Gasteiger charge is 2.03. The number of guanidine groups is 1. The van der Waals surface area contributed by atoms with Crippen LogP contribution in [-0.4, -0.2) is 40.4 Å². The zero-order valence-corrected chi connectivity index (χ0v) is 16.4. The van der Waals surface area contributed by atoms with Gasteiger partial charge in [-0.3, -0.25) is 4.99 Å². The van der Waals surface area contributed by atoms with E-state index in [-0.39, 0.29) is 24.0 Å². The van der Waals surface area contributed by atoms with E-state index in [0.717, 1.165) is 50.0 Å². The first-order chi connectivity index (χ1) is 10.0. The van der Waals surface area contributed by atoms with Gasteiger partial charge in [0.25, 0.3) is 0 Å². The molecular weight excluding hydrogens is 391 g/mol. The van der Waals surface area contributed by atoms with Crippen molar-refractivity contribution < 1.29 is 0 Å². The molecule has 0 aliphatic carbocycles. The molecule has 0 amide bonds. The molecule has 0 unspecified atom stereocenters. The largest absolute Gasteiger partial charge is 0.355 e. The molecule has 126 valence electrons. The number of nitrogens with zero attached hydrogens (tertiary/aromatic N) is 4. The first kappa shape index (κ1) is 20.9. The summed E-state index contributed by atoms with van der Waals surface area (Å²) >= 11 is 0. The highest BCUT2D eigenvalue weighted by atomic mass is 127. The first-order valence-corrected chi connectivity index (χ1v) is 7.56. The summed E-state index contributed by atoms with van der Waals surface area (Å²) in [5.41, 5.74) is 1.08. The van der Waals surface area contributed by atoms with Crippen LogP contribution in [0.4, 0.5) is 0 Å². The zero-order chi connectivity index (χ0) is 15.7. The third kappa shape index (κ3) is 8.35. The molecule has 0 spiro atoms. The molecule has 0 saturated carbocycles. The van der Waals surface area contributed by atoms with Gasteiger partial charge in [0, 0.05) is 32.6 Å². The van der Waals surface area contributed by atoms with Crippen LogP contribution in [0.5, 0.6) is 0 Å². The van der Waals surface area contributed by atoms with Crippen molar-refractivity contribution in [1.82, 2.24) is 25.4 Å². The van der Waals surface area contributed by atoms with Crippen LogP contribution in [0.3, 0.4) is 0 Å². The summed E-state index contributed by atoms with van der Waals surface area (Å²) in [7, 11) is 0. The second-order valence-electron chi connectivity index (χ2n) is 5.61. The van der Waals surface area contributed by atoms with Crippen LogP contribution in [-0.2, 0) is 13.0 Å². The van der Waals surface area contributed by atoms with E-state index < -0.39 is 0 Å². The van der Waals surface area contributed by atoms with Crippen LogP contribution in [0.15, 0.2) is 23.5 Å². The van der Waals surface area contributed by atoms with Crippen LogP contribution in [0.2, 0.25) is 0 Å². The lowest BCUT2D eigenvalue weighted by atomic mass is 10.2. The molecule has 22 heavy (non-hydrogen) atoms. The molecule has 0 radical (unpaired) electrons. The summed E-state index contributed by atoms with van der Waals surface area (Å²) in [4.78, 5) is 4.57. The Hall–Kier alpha value is -1.12. The molecule has 1 aromatic heterocycles. The van der Waals surface area contributed by atoms with Gasteiger partial charge in [-0.2, -0.15) is 0 Å². The average molecular weight is 420 g/mol. The standard InChI is InChI=1S/C15H28N6.HI/c1-6-14-20-19-11-21(14)8-7-16-15(17-9-12(2)3)18-10-13(4)5;/h11,13H,2,6-10H2,1,3-5H3,(H2,16,17,18);1H. The fourth-order valence-corrected chi connectivity index (χ4v) is 1.72. The number of nitrogens with one attached hydrogen (secondary N) is 2. The number of aliphatic imine (C=N–C) groups is 1. The summed E-state index contributed by atoms with van der Waals surface area (Å²) in [5.74, 6) is 2.38. The molecule has 7 heteroatoms. The molecule has 0 atom stereocenters. The predicted molar refractivity (Wildman–Crippen MR) is 103 cm³/mol. The topological polar surface area (TPSA) is 67.1 Å². The Bertz CT molecular complexity index is 466. The molecule has 0 saturated heterocycles. The Labute approximate surface area is 150 Å². The molecule has 1 heterocycles. The molecular formula is C15H29IN6. The maximum Gasteiger partial charge on any atom is 0.191 e. The number of hydrogen-bond donors (Lipinski definition) is 2. The van der Waals surface area contributed by atoms with Crippen LogP contribution < -0.4 is 10.6 Å². The number of halogens is 1. The highest BCUT2D eigenvalue weighted by Crippen LogP contribution is 1.95. The van der Waals surface area contributed by atoms with Crippen molar-refractivity contribution in [3.63, 3.8) is 0 Å². The number of aromatic nitrogens is 3. The highest BCUT2D eigenvalue weighted by molar-refractivity contribution is 14.0. The van der Waals surface area contributed by atoms with Gasteiger partial charge in [0.2, 0.25) is 0 Å². The Morgan fingerprint density at radius 1 is 1.41 bits per heavy atom. The van der Waals surface area contributed by atoms with Crippen molar-refractivity contribution >= 4 is 29.9 Å². The van der Waals surface area contributed by atoms with Crippen molar-refractivity contribution in [2.24, 2.45) is 10.9 Å². The first-order valence-electron chi connectivity index (χ1n) is 7.56. The Kier molecular flexibility index (Phi) is 10.9. The van der Waals surface area contributed by atoms with Gasteiger partial charge in [0.1, 0.15) is 12.2 Å². The fourth-order valence-electron chi connectivity index (χ4n) is 1.72. The van der Waals surface area contributed by atoms with E-state index in [2.05, 4.69) is 57.7 Å². The fraction of sp³-hybridized carbons (Fsp3) is 0.667.